The van der Waals surface area contributed by atoms with Gasteiger partial charge in [-0.15, -0.1) is 0 Å². The summed E-state index contributed by atoms with van der Waals surface area (Å²) >= 11 is 0. The molecule has 1 aromatic rings. The van der Waals surface area contributed by atoms with E-state index < -0.39 is 0 Å². The fourth-order valence-electron chi connectivity index (χ4n) is 1.07. The van der Waals surface area contributed by atoms with E-state index in [1.807, 2.05) is 45.2 Å². The van der Waals surface area contributed by atoms with Crippen LogP contribution in [0.25, 0.3) is 0 Å². The summed E-state index contributed by atoms with van der Waals surface area (Å²) in [6.45, 7) is 3.73. The average molecular weight is 192 g/mol. The van der Waals surface area contributed by atoms with Crippen molar-refractivity contribution in [1.82, 2.24) is 0 Å². The molecule has 0 aliphatic carbocycles. The van der Waals surface area contributed by atoms with Gasteiger partial charge < -0.3 is 10.5 Å². The van der Waals surface area contributed by atoms with Gasteiger partial charge in [-0.2, -0.15) is 0 Å². The molecule has 0 atom stereocenters. The first-order valence-corrected chi connectivity index (χ1v) is 4.71. The zero-order chi connectivity index (χ0) is 10.6. The molecule has 0 saturated heterocycles. The molecule has 0 spiro atoms. The van der Waals surface area contributed by atoms with E-state index in [4.69, 9.17) is 0 Å². The predicted octanol–water partition coefficient (Wildman–Crippen LogP) is 2.07. The summed E-state index contributed by atoms with van der Waals surface area (Å²) < 4.78 is 0.953. The Balaban J connectivity index is 2.91. The Morgan fingerprint density at radius 3 is 2.71 bits per heavy atom. The summed E-state index contributed by atoms with van der Waals surface area (Å²) in [6, 6.07) is 7.71. The maximum Gasteiger partial charge on any atom is 0.182 e. The van der Waals surface area contributed by atoms with Gasteiger partial charge in [0.25, 0.3) is 0 Å². The predicted molar refractivity (Wildman–Crippen MR) is 59.9 cm³/mol. The Bertz CT molecular complexity index is 332. The molecule has 0 amide bonds. The molecule has 0 unspecified atom stereocenters. The number of hydrogen-bond acceptors (Lipinski definition) is 2. The minimum Gasteiger partial charge on any atom is -0.624 e. The van der Waals surface area contributed by atoms with E-state index in [2.05, 4.69) is 5.32 Å². The lowest BCUT2D eigenvalue weighted by Crippen LogP contribution is -2.14. The van der Waals surface area contributed by atoms with Gasteiger partial charge in [0.15, 0.2) is 12.3 Å². The van der Waals surface area contributed by atoms with Crippen molar-refractivity contribution in [2.75, 3.05) is 12.4 Å². The van der Waals surface area contributed by atoms with Gasteiger partial charge in [-0.05, 0) is 32.0 Å². The lowest BCUT2D eigenvalue weighted by Gasteiger charge is -2.07. The van der Waals surface area contributed by atoms with Gasteiger partial charge in [-0.3, -0.25) is 0 Å². The summed E-state index contributed by atoms with van der Waals surface area (Å²) in [5, 5.41) is 14.4. The first kappa shape index (κ1) is 10.6. The number of hydrogen-bond donors (Lipinski definition) is 1. The lowest BCUT2D eigenvalue weighted by molar-refractivity contribution is -0.487. The van der Waals surface area contributed by atoms with Crippen molar-refractivity contribution in [3.8, 4) is 0 Å². The molecule has 0 heterocycles. The van der Waals surface area contributed by atoms with E-state index in [9.17, 15) is 5.21 Å². The van der Waals surface area contributed by atoms with Crippen LogP contribution in [0.4, 0.5) is 5.69 Å². The highest BCUT2D eigenvalue weighted by atomic mass is 16.5. The van der Waals surface area contributed by atoms with Crippen molar-refractivity contribution in [2.24, 2.45) is 0 Å². The van der Waals surface area contributed by atoms with Gasteiger partial charge in [-0.1, -0.05) is 6.07 Å². The molecule has 3 nitrogen and oxygen atoms in total. The topological polar surface area (TPSA) is 38.1 Å². The molecule has 0 aliphatic heterocycles. The van der Waals surface area contributed by atoms with E-state index in [0.29, 0.717) is 0 Å². The zero-order valence-corrected chi connectivity index (χ0v) is 8.82. The van der Waals surface area contributed by atoms with Crippen LogP contribution >= 0.6 is 0 Å². The monoisotopic (exact) mass is 192 g/mol. The Morgan fingerprint density at radius 2 is 2.14 bits per heavy atom. The SMILES string of the molecule is CNc1cccc(/C=[N+](/[O-])C(C)C)c1. The van der Waals surface area contributed by atoms with E-state index in [1.165, 1.54) is 0 Å². The highest BCUT2D eigenvalue weighted by molar-refractivity contribution is 5.77. The molecule has 0 aliphatic rings. The third-order valence-corrected chi connectivity index (χ3v) is 1.96. The summed E-state index contributed by atoms with van der Waals surface area (Å²) in [5.41, 5.74) is 1.93. The Labute approximate surface area is 84.7 Å². The highest BCUT2D eigenvalue weighted by Crippen LogP contribution is 2.07. The van der Waals surface area contributed by atoms with Crippen LogP contribution in [0.3, 0.4) is 0 Å². The van der Waals surface area contributed by atoms with Crippen LogP contribution in [0.2, 0.25) is 0 Å². The standard InChI is InChI=1S/C11H16N2O/c1-9(2)13(14)8-10-5-4-6-11(7-10)12-3/h4-9,12H,1-3H3/b13-8+. The van der Waals surface area contributed by atoms with Crippen molar-refractivity contribution < 1.29 is 4.74 Å². The second-order valence-electron chi connectivity index (χ2n) is 3.46. The molecular weight excluding hydrogens is 176 g/mol. The summed E-state index contributed by atoms with van der Waals surface area (Å²) in [6.07, 6.45) is 1.60. The fourth-order valence-corrected chi connectivity index (χ4v) is 1.07. The highest BCUT2D eigenvalue weighted by Gasteiger charge is 2.00. The lowest BCUT2D eigenvalue weighted by atomic mass is 10.2. The largest absolute Gasteiger partial charge is 0.624 e. The molecule has 0 saturated carbocycles. The molecule has 0 fully saturated rings. The number of nitrogens with one attached hydrogen (secondary N) is 1. The molecule has 1 N–H and O–H groups in total. The summed E-state index contributed by atoms with van der Waals surface area (Å²) in [7, 11) is 1.86. The molecule has 0 aromatic heterocycles. The molecule has 1 aromatic carbocycles. The summed E-state index contributed by atoms with van der Waals surface area (Å²) in [5.74, 6) is 0. The zero-order valence-electron chi connectivity index (χ0n) is 8.82. The van der Waals surface area contributed by atoms with Crippen molar-refractivity contribution in [2.45, 2.75) is 19.9 Å². The Kier molecular flexibility index (Phi) is 3.51. The molecular formula is C11H16N2O. The van der Waals surface area contributed by atoms with Gasteiger partial charge in [-0.25, -0.2) is 4.74 Å². The minimum atomic E-state index is -0.0201. The van der Waals surface area contributed by atoms with E-state index in [1.54, 1.807) is 6.21 Å². The van der Waals surface area contributed by atoms with Crippen molar-refractivity contribution in [1.29, 1.82) is 0 Å². The number of rotatable bonds is 3. The van der Waals surface area contributed by atoms with Crippen LogP contribution < -0.4 is 5.32 Å². The van der Waals surface area contributed by atoms with Crippen LogP contribution in [0.1, 0.15) is 19.4 Å². The van der Waals surface area contributed by atoms with Gasteiger partial charge in [0.1, 0.15) is 0 Å². The van der Waals surface area contributed by atoms with E-state index in [0.717, 1.165) is 16.0 Å². The Hall–Kier alpha value is -1.51. The van der Waals surface area contributed by atoms with Gasteiger partial charge in [0.05, 0.1) is 0 Å². The smallest absolute Gasteiger partial charge is 0.182 e. The third-order valence-electron chi connectivity index (χ3n) is 1.96. The van der Waals surface area contributed by atoms with Crippen molar-refractivity contribution in [3.63, 3.8) is 0 Å². The Morgan fingerprint density at radius 1 is 1.43 bits per heavy atom. The van der Waals surface area contributed by atoms with Crippen LogP contribution in [0.5, 0.6) is 0 Å². The van der Waals surface area contributed by atoms with Crippen molar-refractivity contribution >= 4 is 11.9 Å². The third kappa shape index (κ3) is 2.76. The van der Waals surface area contributed by atoms with Crippen molar-refractivity contribution in [3.05, 3.63) is 35.0 Å². The van der Waals surface area contributed by atoms with E-state index >= 15 is 0 Å². The number of nitrogens with zero attached hydrogens (tertiary/aromatic N) is 1. The fraction of sp³-hybridized carbons (Fsp3) is 0.364. The first-order chi connectivity index (χ1) is 6.63. The number of hydroxylamine groups is 1. The number of anilines is 1. The molecule has 0 radical (unpaired) electrons. The second kappa shape index (κ2) is 4.65. The molecule has 76 valence electrons. The van der Waals surface area contributed by atoms with Crippen LogP contribution in [-0.2, 0) is 0 Å². The average Bonchev–Trinajstić information content (AvgIpc) is 2.18. The molecule has 14 heavy (non-hydrogen) atoms. The van der Waals surface area contributed by atoms with E-state index in [-0.39, 0.29) is 6.04 Å². The first-order valence-electron chi connectivity index (χ1n) is 4.71. The summed E-state index contributed by atoms with van der Waals surface area (Å²) in [4.78, 5) is 0. The normalized spacial score (nSPS) is 11.9. The maximum absolute atomic E-state index is 11.4. The van der Waals surface area contributed by atoms with Crippen LogP contribution in [0, 0.1) is 5.21 Å². The minimum absolute atomic E-state index is 0.0201. The maximum atomic E-state index is 11.4. The quantitative estimate of drug-likeness (QED) is 0.344. The second-order valence-corrected chi connectivity index (χ2v) is 3.46. The molecule has 3 heteroatoms. The number of benzene rings is 1. The van der Waals surface area contributed by atoms with Gasteiger partial charge in [0.2, 0.25) is 0 Å². The van der Waals surface area contributed by atoms with Crippen LogP contribution in [0.15, 0.2) is 24.3 Å². The molecule has 0 bridgehead atoms. The van der Waals surface area contributed by atoms with Gasteiger partial charge >= 0.3 is 0 Å². The van der Waals surface area contributed by atoms with Gasteiger partial charge in [0, 0.05) is 18.3 Å². The van der Waals surface area contributed by atoms with Crippen LogP contribution in [-0.4, -0.2) is 24.0 Å². The molecule has 1 rings (SSSR count).